The third-order valence-electron chi connectivity index (χ3n) is 12.7. The minimum absolute atomic E-state index is 0.371. The van der Waals surface area contributed by atoms with Gasteiger partial charge < -0.3 is 4.42 Å². The zero-order chi connectivity index (χ0) is 35.1. The first-order valence-electron chi connectivity index (χ1n) is 18.8. The molecule has 9 aromatic carbocycles. The lowest BCUT2D eigenvalue weighted by Gasteiger charge is -2.30. The van der Waals surface area contributed by atoms with Crippen LogP contribution in [0, 0.1) is 0 Å². The highest BCUT2D eigenvalue weighted by Gasteiger charge is 2.51. The topological polar surface area (TPSA) is 13.1 Å². The summed E-state index contributed by atoms with van der Waals surface area (Å²) in [6.07, 6.45) is 0. The van der Waals surface area contributed by atoms with Gasteiger partial charge in [0.05, 0.1) is 5.41 Å². The van der Waals surface area contributed by atoms with E-state index in [4.69, 9.17) is 4.42 Å². The smallest absolute Gasteiger partial charge is 0.136 e. The third-order valence-corrected chi connectivity index (χ3v) is 12.7. The monoisotopic (exact) mass is 682 g/mol. The molecule has 248 valence electrons. The molecular weight excluding hydrogens is 653 g/mol. The molecule has 0 atom stereocenters. The number of hydrogen-bond acceptors (Lipinski definition) is 1. The average molecular weight is 683 g/mol. The van der Waals surface area contributed by atoms with Crippen molar-refractivity contribution in [3.63, 3.8) is 0 Å². The number of benzene rings is 9. The molecule has 0 fully saturated rings. The van der Waals surface area contributed by atoms with Crippen LogP contribution in [-0.4, -0.2) is 0 Å². The Bertz CT molecular complexity index is 3210. The van der Waals surface area contributed by atoms with Gasteiger partial charge in [0.25, 0.3) is 0 Å². The Kier molecular flexibility index (Phi) is 5.36. The van der Waals surface area contributed by atoms with E-state index in [1.54, 1.807) is 0 Å². The lowest BCUT2D eigenvalue weighted by Crippen LogP contribution is -2.25. The highest BCUT2D eigenvalue weighted by Crippen LogP contribution is 2.64. The van der Waals surface area contributed by atoms with Crippen LogP contribution < -0.4 is 0 Å². The largest absolute Gasteiger partial charge is 0.456 e. The summed E-state index contributed by atoms with van der Waals surface area (Å²) in [5.41, 5.74) is 22.3. The molecule has 0 aliphatic heterocycles. The maximum atomic E-state index is 6.63. The van der Waals surface area contributed by atoms with E-state index in [-0.39, 0.29) is 5.41 Å². The molecule has 0 bridgehead atoms. The molecule has 1 aromatic heterocycles. The van der Waals surface area contributed by atoms with Gasteiger partial charge in [0.15, 0.2) is 0 Å². The Labute approximate surface area is 312 Å². The molecule has 0 N–H and O–H groups in total. The van der Waals surface area contributed by atoms with Crippen LogP contribution in [0.4, 0.5) is 0 Å². The van der Waals surface area contributed by atoms with Gasteiger partial charge in [-0.1, -0.05) is 164 Å². The first-order chi connectivity index (χ1) is 26.8. The van der Waals surface area contributed by atoms with E-state index in [9.17, 15) is 0 Å². The molecule has 3 aliphatic rings. The molecule has 0 radical (unpaired) electrons. The summed E-state index contributed by atoms with van der Waals surface area (Å²) in [6.45, 7) is 0. The van der Waals surface area contributed by atoms with Crippen molar-refractivity contribution in [2.75, 3.05) is 0 Å². The standard InChI is InChI=1S/C53H30O/c1-2-13-34-33(12-1)38-18-9-19-39-35(27-28-41(34)50(38)39)40-20-11-25-49-52(40)43-30-31(26-29-48(43)54-49)32-17-10-24-47-51(32)42-16-5-8-23-46(42)53(47)44-21-6-3-14-36(44)37-15-4-7-22-45(37)53/h1-30H. The third kappa shape index (κ3) is 3.37. The Balaban J connectivity index is 1.06. The van der Waals surface area contributed by atoms with Gasteiger partial charge in [-0.3, -0.25) is 0 Å². The molecule has 1 heteroatoms. The number of hydrogen-bond donors (Lipinski definition) is 0. The zero-order valence-corrected chi connectivity index (χ0v) is 29.2. The second kappa shape index (κ2) is 10.1. The fourth-order valence-corrected chi connectivity index (χ4v) is 10.6. The van der Waals surface area contributed by atoms with Crippen molar-refractivity contribution in [3.8, 4) is 66.8 Å². The summed E-state index contributed by atoms with van der Waals surface area (Å²) >= 11 is 0. The van der Waals surface area contributed by atoms with Crippen molar-refractivity contribution in [1.82, 2.24) is 0 Å². The van der Waals surface area contributed by atoms with Crippen LogP contribution in [0.3, 0.4) is 0 Å². The number of rotatable bonds is 2. The van der Waals surface area contributed by atoms with Gasteiger partial charge >= 0.3 is 0 Å². The summed E-state index contributed by atoms with van der Waals surface area (Å²) in [6, 6.07) is 67.6. The van der Waals surface area contributed by atoms with E-state index < -0.39 is 0 Å². The van der Waals surface area contributed by atoms with E-state index in [2.05, 4.69) is 182 Å². The zero-order valence-electron chi connectivity index (χ0n) is 29.2. The molecule has 1 spiro atoms. The molecule has 0 unspecified atom stereocenters. The highest BCUT2D eigenvalue weighted by molar-refractivity contribution is 6.22. The average Bonchev–Trinajstić information content (AvgIpc) is 3.96. The Morgan fingerprint density at radius 3 is 1.56 bits per heavy atom. The first-order valence-corrected chi connectivity index (χ1v) is 18.8. The number of fused-ring (bicyclic) bond motifs is 16. The van der Waals surface area contributed by atoms with Crippen molar-refractivity contribution in [1.29, 1.82) is 0 Å². The highest BCUT2D eigenvalue weighted by atomic mass is 16.3. The van der Waals surface area contributed by atoms with Crippen LogP contribution in [0.1, 0.15) is 22.3 Å². The van der Waals surface area contributed by atoms with E-state index in [1.165, 1.54) is 99.8 Å². The quantitative estimate of drug-likeness (QED) is 0.177. The molecule has 1 nitrogen and oxygen atoms in total. The van der Waals surface area contributed by atoms with Gasteiger partial charge in [0, 0.05) is 10.8 Å². The van der Waals surface area contributed by atoms with E-state index in [0.717, 1.165) is 21.9 Å². The van der Waals surface area contributed by atoms with Crippen molar-refractivity contribution in [2.24, 2.45) is 0 Å². The normalized spacial score (nSPS) is 13.7. The van der Waals surface area contributed by atoms with Gasteiger partial charge in [-0.25, -0.2) is 0 Å². The van der Waals surface area contributed by atoms with Crippen molar-refractivity contribution in [3.05, 3.63) is 204 Å². The van der Waals surface area contributed by atoms with Crippen LogP contribution in [0.25, 0.3) is 99.5 Å². The molecule has 1 heterocycles. The van der Waals surface area contributed by atoms with Crippen LogP contribution >= 0.6 is 0 Å². The summed E-state index contributed by atoms with van der Waals surface area (Å²) in [5, 5.41) is 4.91. The predicted octanol–water partition coefficient (Wildman–Crippen LogP) is 14.1. The lowest BCUT2D eigenvalue weighted by atomic mass is 9.70. The van der Waals surface area contributed by atoms with Gasteiger partial charge in [-0.05, 0) is 118 Å². The molecule has 0 amide bonds. The summed E-state index contributed by atoms with van der Waals surface area (Å²) < 4.78 is 6.63. The minimum atomic E-state index is -0.371. The van der Waals surface area contributed by atoms with Crippen molar-refractivity contribution >= 4 is 32.7 Å². The Morgan fingerprint density at radius 2 is 0.815 bits per heavy atom. The van der Waals surface area contributed by atoms with E-state index in [1.807, 2.05) is 0 Å². The molecule has 10 aromatic rings. The van der Waals surface area contributed by atoms with E-state index in [0.29, 0.717) is 0 Å². The van der Waals surface area contributed by atoms with E-state index >= 15 is 0 Å². The maximum Gasteiger partial charge on any atom is 0.136 e. The maximum absolute atomic E-state index is 6.63. The summed E-state index contributed by atoms with van der Waals surface area (Å²) in [5.74, 6) is 0. The fourth-order valence-electron chi connectivity index (χ4n) is 10.6. The molecule has 54 heavy (non-hydrogen) atoms. The van der Waals surface area contributed by atoms with Gasteiger partial charge in [-0.2, -0.15) is 0 Å². The first kappa shape index (κ1) is 28.6. The Morgan fingerprint density at radius 1 is 0.296 bits per heavy atom. The summed E-state index contributed by atoms with van der Waals surface area (Å²) in [4.78, 5) is 0. The van der Waals surface area contributed by atoms with Crippen molar-refractivity contribution in [2.45, 2.75) is 5.41 Å². The molecule has 0 saturated carbocycles. The fraction of sp³-hybridized carbons (Fsp3) is 0.0189. The molecule has 3 aliphatic carbocycles. The van der Waals surface area contributed by atoms with Crippen LogP contribution in [0.2, 0.25) is 0 Å². The SMILES string of the molecule is c1ccc2c(c1)-c1cccc3c(-c4cccc5oc6ccc(-c7cccc8c7-c7ccccc7C87c8ccccc8-c8ccccc87)cc6c45)ccc-2c13. The molecular formula is C53H30O. The second-order valence-corrected chi connectivity index (χ2v) is 15.0. The summed E-state index contributed by atoms with van der Waals surface area (Å²) in [7, 11) is 0. The van der Waals surface area contributed by atoms with Gasteiger partial charge in [-0.15, -0.1) is 0 Å². The van der Waals surface area contributed by atoms with Crippen LogP contribution in [0.5, 0.6) is 0 Å². The predicted molar refractivity (Wildman–Crippen MR) is 223 cm³/mol. The lowest BCUT2D eigenvalue weighted by molar-refractivity contribution is 0.669. The second-order valence-electron chi connectivity index (χ2n) is 15.0. The minimum Gasteiger partial charge on any atom is -0.456 e. The van der Waals surface area contributed by atoms with Crippen LogP contribution in [-0.2, 0) is 5.41 Å². The Hall–Kier alpha value is -6.96. The molecule has 13 rings (SSSR count). The van der Waals surface area contributed by atoms with Crippen LogP contribution in [0.15, 0.2) is 186 Å². The number of furan rings is 1. The van der Waals surface area contributed by atoms with Gasteiger partial charge in [0.2, 0.25) is 0 Å². The van der Waals surface area contributed by atoms with Gasteiger partial charge in [0.1, 0.15) is 11.2 Å². The molecule has 0 saturated heterocycles. The van der Waals surface area contributed by atoms with Crippen molar-refractivity contribution < 1.29 is 4.42 Å².